The van der Waals surface area contributed by atoms with Crippen LogP contribution in [0, 0.1) is 0 Å². The second-order valence-corrected chi connectivity index (χ2v) is 4.08. The minimum atomic E-state index is -4.37. The van der Waals surface area contributed by atoms with Crippen molar-refractivity contribution in [2.24, 2.45) is 0 Å². The molecule has 106 valence electrons. The summed E-state index contributed by atoms with van der Waals surface area (Å²) in [6, 6.07) is 4.49. The zero-order valence-corrected chi connectivity index (χ0v) is 10.2. The Balaban J connectivity index is 1.88. The molecule has 0 spiro atoms. The van der Waals surface area contributed by atoms with Gasteiger partial charge in [0, 0.05) is 0 Å². The molecule has 2 aromatic rings. The SMILES string of the molecule is O=C(Cc1ccc(C(F)(F)F)cc1)NCc1ncn[nH]1. The molecule has 0 bridgehead atoms. The Kier molecular flexibility index (Phi) is 4.02. The van der Waals surface area contributed by atoms with E-state index in [0.717, 1.165) is 12.1 Å². The molecular formula is C12H11F3N4O. The van der Waals surface area contributed by atoms with Gasteiger partial charge in [-0.05, 0) is 17.7 Å². The normalized spacial score (nSPS) is 11.3. The third-order valence-corrected chi connectivity index (χ3v) is 2.56. The van der Waals surface area contributed by atoms with Gasteiger partial charge in [-0.2, -0.15) is 18.3 Å². The lowest BCUT2D eigenvalue weighted by molar-refractivity contribution is -0.137. The molecule has 0 aliphatic carbocycles. The molecule has 0 atom stereocenters. The molecule has 2 rings (SSSR count). The Bertz CT molecular complexity index is 563. The fourth-order valence-electron chi connectivity index (χ4n) is 1.56. The van der Waals surface area contributed by atoms with Crippen molar-refractivity contribution >= 4 is 5.91 Å². The summed E-state index contributed by atoms with van der Waals surface area (Å²) < 4.78 is 37.1. The molecule has 0 unspecified atom stereocenters. The number of amides is 1. The molecule has 8 heteroatoms. The highest BCUT2D eigenvalue weighted by atomic mass is 19.4. The minimum absolute atomic E-state index is 0.00622. The zero-order chi connectivity index (χ0) is 14.6. The van der Waals surface area contributed by atoms with Crippen molar-refractivity contribution in [2.75, 3.05) is 0 Å². The van der Waals surface area contributed by atoms with E-state index in [0.29, 0.717) is 11.4 Å². The number of halogens is 3. The maximum absolute atomic E-state index is 12.4. The average molecular weight is 284 g/mol. The highest BCUT2D eigenvalue weighted by molar-refractivity contribution is 5.78. The van der Waals surface area contributed by atoms with Crippen molar-refractivity contribution < 1.29 is 18.0 Å². The van der Waals surface area contributed by atoms with Crippen molar-refractivity contribution in [1.82, 2.24) is 20.5 Å². The molecule has 1 aromatic heterocycles. The predicted octanol–water partition coefficient (Wildman–Crippen LogP) is 1.68. The van der Waals surface area contributed by atoms with Gasteiger partial charge >= 0.3 is 6.18 Å². The second-order valence-electron chi connectivity index (χ2n) is 4.08. The van der Waals surface area contributed by atoms with Gasteiger partial charge in [0.25, 0.3) is 0 Å². The number of nitrogens with one attached hydrogen (secondary N) is 2. The standard InChI is InChI=1S/C12H11F3N4O/c13-12(14,15)9-3-1-8(2-4-9)5-11(20)16-6-10-17-7-18-19-10/h1-4,7H,5-6H2,(H,16,20)(H,17,18,19). The Labute approximate surface area is 112 Å². The largest absolute Gasteiger partial charge is 0.416 e. The van der Waals surface area contributed by atoms with Crippen LogP contribution in [-0.2, 0) is 23.9 Å². The van der Waals surface area contributed by atoms with Crippen LogP contribution in [-0.4, -0.2) is 21.1 Å². The summed E-state index contributed by atoms with van der Waals surface area (Å²) in [5.41, 5.74) is -0.226. The van der Waals surface area contributed by atoms with Gasteiger partial charge in [-0.15, -0.1) is 0 Å². The van der Waals surface area contributed by atoms with Gasteiger partial charge in [0.1, 0.15) is 12.2 Å². The van der Waals surface area contributed by atoms with Gasteiger partial charge < -0.3 is 5.32 Å². The highest BCUT2D eigenvalue weighted by Crippen LogP contribution is 2.29. The first-order chi connectivity index (χ1) is 9.45. The van der Waals surface area contributed by atoms with Crippen LogP contribution in [0.2, 0.25) is 0 Å². The van der Waals surface area contributed by atoms with Crippen LogP contribution in [0.15, 0.2) is 30.6 Å². The highest BCUT2D eigenvalue weighted by Gasteiger charge is 2.29. The number of alkyl halides is 3. The molecule has 0 saturated carbocycles. The molecule has 1 amide bonds. The maximum Gasteiger partial charge on any atom is 0.416 e. The molecule has 0 radical (unpaired) electrons. The van der Waals surface area contributed by atoms with E-state index < -0.39 is 11.7 Å². The van der Waals surface area contributed by atoms with Gasteiger partial charge in [-0.3, -0.25) is 9.89 Å². The summed E-state index contributed by atoms with van der Waals surface area (Å²) in [6.07, 6.45) is -3.04. The first-order valence-electron chi connectivity index (χ1n) is 5.72. The van der Waals surface area contributed by atoms with Gasteiger partial charge in [0.15, 0.2) is 0 Å². The Morgan fingerprint density at radius 1 is 1.25 bits per heavy atom. The molecule has 20 heavy (non-hydrogen) atoms. The molecule has 1 heterocycles. The molecule has 2 N–H and O–H groups in total. The average Bonchev–Trinajstić information content (AvgIpc) is 2.89. The van der Waals surface area contributed by atoms with E-state index in [2.05, 4.69) is 20.5 Å². The number of benzene rings is 1. The zero-order valence-electron chi connectivity index (χ0n) is 10.2. The van der Waals surface area contributed by atoms with Crippen molar-refractivity contribution in [2.45, 2.75) is 19.1 Å². The Hall–Kier alpha value is -2.38. The van der Waals surface area contributed by atoms with E-state index >= 15 is 0 Å². The van der Waals surface area contributed by atoms with Crippen LogP contribution in [0.4, 0.5) is 13.2 Å². The first-order valence-corrected chi connectivity index (χ1v) is 5.72. The summed E-state index contributed by atoms with van der Waals surface area (Å²) in [5.74, 6) is 0.201. The van der Waals surface area contributed by atoms with E-state index in [-0.39, 0.29) is 18.9 Å². The smallest absolute Gasteiger partial charge is 0.349 e. The van der Waals surface area contributed by atoms with E-state index in [9.17, 15) is 18.0 Å². The molecule has 0 aliphatic rings. The number of carbonyl (C=O) groups is 1. The summed E-state index contributed by atoms with van der Waals surface area (Å²) >= 11 is 0. The van der Waals surface area contributed by atoms with Crippen LogP contribution in [0.1, 0.15) is 17.0 Å². The van der Waals surface area contributed by atoms with Gasteiger partial charge in [0.05, 0.1) is 18.5 Å². The van der Waals surface area contributed by atoms with E-state index in [1.54, 1.807) is 0 Å². The molecule has 5 nitrogen and oxygen atoms in total. The third-order valence-electron chi connectivity index (χ3n) is 2.56. The molecular weight excluding hydrogens is 273 g/mol. The lowest BCUT2D eigenvalue weighted by Crippen LogP contribution is -2.25. The number of nitrogens with zero attached hydrogens (tertiary/aromatic N) is 2. The summed E-state index contributed by atoms with van der Waals surface area (Å²) in [6.45, 7) is 0.194. The summed E-state index contributed by atoms with van der Waals surface area (Å²) in [5, 5.41) is 8.79. The van der Waals surface area contributed by atoms with E-state index in [4.69, 9.17) is 0 Å². The summed E-state index contributed by atoms with van der Waals surface area (Å²) in [4.78, 5) is 15.4. The Morgan fingerprint density at radius 3 is 2.50 bits per heavy atom. The molecule has 0 saturated heterocycles. The number of rotatable bonds is 4. The lowest BCUT2D eigenvalue weighted by Gasteiger charge is -2.07. The number of hydrogen-bond acceptors (Lipinski definition) is 3. The second kappa shape index (κ2) is 5.72. The summed E-state index contributed by atoms with van der Waals surface area (Å²) in [7, 11) is 0. The molecule has 1 aromatic carbocycles. The minimum Gasteiger partial charge on any atom is -0.349 e. The van der Waals surface area contributed by atoms with Gasteiger partial charge in [-0.25, -0.2) is 4.98 Å². The maximum atomic E-state index is 12.4. The van der Waals surface area contributed by atoms with Crippen molar-refractivity contribution in [3.05, 3.63) is 47.5 Å². The third kappa shape index (κ3) is 3.81. The van der Waals surface area contributed by atoms with Crippen molar-refractivity contribution in [3.63, 3.8) is 0 Å². The van der Waals surface area contributed by atoms with Crippen LogP contribution in [0.3, 0.4) is 0 Å². The topological polar surface area (TPSA) is 70.7 Å². The first kappa shape index (κ1) is 14.0. The van der Waals surface area contributed by atoms with Gasteiger partial charge in [0.2, 0.25) is 5.91 Å². The predicted molar refractivity (Wildman–Crippen MR) is 63.4 cm³/mol. The van der Waals surface area contributed by atoms with E-state index in [1.165, 1.54) is 18.5 Å². The van der Waals surface area contributed by atoms with E-state index in [1.807, 2.05) is 0 Å². The lowest BCUT2D eigenvalue weighted by atomic mass is 10.1. The fraction of sp³-hybridized carbons (Fsp3) is 0.250. The van der Waals surface area contributed by atoms with Crippen LogP contribution in [0.25, 0.3) is 0 Å². The monoisotopic (exact) mass is 284 g/mol. The Morgan fingerprint density at radius 2 is 1.95 bits per heavy atom. The van der Waals surface area contributed by atoms with Gasteiger partial charge in [-0.1, -0.05) is 12.1 Å². The number of H-pyrrole nitrogens is 1. The fourth-order valence-corrected chi connectivity index (χ4v) is 1.56. The number of aromatic nitrogens is 3. The molecule has 0 fully saturated rings. The van der Waals surface area contributed by atoms with Crippen LogP contribution < -0.4 is 5.32 Å². The number of aromatic amines is 1. The van der Waals surface area contributed by atoms with Crippen molar-refractivity contribution in [3.8, 4) is 0 Å². The molecule has 0 aliphatic heterocycles. The quantitative estimate of drug-likeness (QED) is 0.897. The van der Waals surface area contributed by atoms with Crippen LogP contribution in [0.5, 0.6) is 0 Å². The van der Waals surface area contributed by atoms with Crippen LogP contribution >= 0.6 is 0 Å². The number of carbonyl (C=O) groups excluding carboxylic acids is 1. The number of hydrogen-bond donors (Lipinski definition) is 2. The van der Waals surface area contributed by atoms with Crippen molar-refractivity contribution in [1.29, 1.82) is 0 Å².